The SMILES string of the molecule is Cc1nnc(N2CCOC(C)(C)C2)c(C(N)=S)c1C. The minimum Gasteiger partial charge on any atom is -0.389 e. The van der Waals surface area contributed by atoms with Crippen LogP contribution in [0.2, 0.25) is 0 Å². The van der Waals surface area contributed by atoms with Crippen molar-refractivity contribution in [1.29, 1.82) is 0 Å². The third-order valence-corrected chi connectivity index (χ3v) is 3.61. The van der Waals surface area contributed by atoms with Gasteiger partial charge in [0.2, 0.25) is 0 Å². The molecule has 0 unspecified atom stereocenters. The van der Waals surface area contributed by atoms with Gasteiger partial charge in [0.05, 0.1) is 23.5 Å². The summed E-state index contributed by atoms with van der Waals surface area (Å²) in [4.78, 5) is 2.52. The fourth-order valence-electron chi connectivity index (χ4n) is 2.31. The number of ether oxygens (including phenoxy) is 1. The highest BCUT2D eigenvalue weighted by molar-refractivity contribution is 7.80. The molecule has 0 spiro atoms. The third kappa shape index (κ3) is 2.84. The Labute approximate surface area is 119 Å². The summed E-state index contributed by atoms with van der Waals surface area (Å²) < 4.78 is 5.72. The van der Waals surface area contributed by atoms with Crippen molar-refractivity contribution in [3.05, 3.63) is 16.8 Å². The highest BCUT2D eigenvalue weighted by Crippen LogP contribution is 2.26. The average molecular weight is 280 g/mol. The first-order chi connectivity index (χ1) is 8.82. The van der Waals surface area contributed by atoms with Crippen molar-refractivity contribution in [3.8, 4) is 0 Å². The van der Waals surface area contributed by atoms with Crippen LogP contribution in [-0.2, 0) is 4.74 Å². The zero-order valence-corrected chi connectivity index (χ0v) is 12.7. The molecule has 0 radical (unpaired) electrons. The molecule has 6 heteroatoms. The number of nitrogens with two attached hydrogens (primary N) is 1. The minimum atomic E-state index is -0.202. The van der Waals surface area contributed by atoms with E-state index in [-0.39, 0.29) is 5.60 Å². The number of aryl methyl sites for hydroxylation is 1. The maximum absolute atomic E-state index is 5.86. The molecule has 1 aromatic heterocycles. The van der Waals surface area contributed by atoms with E-state index in [1.165, 1.54) is 0 Å². The number of nitrogens with zero attached hydrogens (tertiary/aromatic N) is 3. The first-order valence-corrected chi connectivity index (χ1v) is 6.75. The molecule has 0 amide bonds. The topological polar surface area (TPSA) is 64.3 Å². The molecule has 1 aromatic rings. The summed E-state index contributed by atoms with van der Waals surface area (Å²) in [6, 6.07) is 0. The van der Waals surface area contributed by atoms with Gasteiger partial charge >= 0.3 is 0 Å². The highest BCUT2D eigenvalue weighted by Gasteiger charge is 2.30. The van der Waals surface area contributed by atoms with Crippen LogP contribution in [0.3, 0.4) is 0 Å². The van der Waals surface area contributed by atoms with Crippen molar-refractivity contribution in [2.45, 2.75) is 33.3 Å². The molecule has 1 fully saturated rings. The molecule has 0 saturated carbocycles. The number of aromatic nitrogens is 2. The van der Waals surface area contributed by atoms with Crippen LogP contribution in [0.1, 0.15) is 30.7 Å². The van der Waals surface area contributed by atoms with Gasteiger partial charge in [-0.1, -0.05) is 12.2 Å². The Bertz CT molecular complexity index is 516. The van der Waals surface area contributed by atoms with Gasteiger partial charge in [-0.15, -0.1) is 5.10 Å². The lowest BCUT2D eigenvalue weighted by molar-refractivity contribution is -0.0279. The van der Waals surface area contributed by atoms with Crippen LogP contribution in [0.4, 0.5) is 5.82 Å². The molecular formula is C13H20N4OS. The van der Waals surface area contributed by atoms with E-state index in [4.69, 9.17) is 22.7 Å². The summed E-state index contributed by atoms with van der Waals surface area (Å²) in [5.41, 5.74) is 8.36. The summed E-state index contributed by atoms with van der Waals surface area (Å²) in [6.45, 7) is 10.2. The van der Waals surface area contributed by atoms with Crippen molar-refractivity contribution in [2.75, 3.05) is 24.6 Å². The quantitative estimate of drug-likeness (QED) is 0.825. The molecule has 0 aliphatic carbocycles. The second kappa shape index (κ2) is 5.02. The van der Waals surface area contributed by atoms with Gasteiger partial charge in [0.15, 0.2) is 5.82 Å². The van der Waals surface area contributed by atoms with Crippen molar-refractivity contribution in [1.82, 2.24) is 10.2 Å². The maximum Gasteiger partial charge on any atom is 0.162 e. The average Bonchev–Trinajstić information content (AvgIpc) is 2.30. The van der Waals surface area contributed by atoms with Gasteiger partial charge in [0.1, 0.15) is 4.99 Å². The summed E-state index contributed by atoms with van der Waals surface area (Å²) in [5.74, 6) is 0.770. The van der Waals surface area contributed by atoms with Crippen LogP contribution >= 0.6 is 12.2 Å². The largest absolute Gasteiger partial charge is 0.389 e. The lowest BCUT2D eigenvalue weighted by atomic mass is 10.0. The molecule has 5 nitrogen and oxygen atoms in total. The van der Waals surface area contributed by atoms with E-state index in [1.807, 2.05) is 13.8 Å². The Morgan fingerprint density at radius 1 is 1.37 bits per heavy atom. The molecule has 104 valence electrons. The Kier molecular flexibility index (Phi) is 3.73. The van der Waals surface area contributed by atoms with Crippen molar-refractivity contribution in [3.63, 3.8) is 0 Å². The first-order valence-electron chi connectivity index (χ1n) is 6.34. The number of hydrogen-bond acceptors (Lipinski definition) is 5. The summed E-state index contributed by atoms with van der Waals surface area (Å²) in [5, 5.41) is 8.50. The highest BCUT2D eigenvalue weighted by atomic mass is 32.1. The number of anilines is 1. The molecule has 2 rings (SSSR count). The summed E-state index contributed by atoms with van der Waals surface area (Å²) >= 11 is 5.18. The third-order valence-electron chi connectivity index (χ3n) is 3.41. The second-order valence-corrected chi connectivity index (χ2v) is 5.94. The Hall–Kier alpha value is -1.27. The zero-order valence-electron chi connectivity index (χ0n) is 11.9. The van der Waals surface area contributed by atoms with Gasteiger partial charge in [-0.25, -0.2) is 0 Å². The molecule has 1 saturated heterocycles. The monoisotopic (exact) mass is 280 g/mol. The predicted octanol–water partition coefficient (Wildman–Crippen LogP) is 1.34. The van der Waals surface area contributed by atoms with Crippen LogP contribution in [0.15, 0.2) is 0 Å². The summed E-state index contributed by atoms with van der Waals surface area (Å²) in [6.07, 6.45) is 0. The van der Waals surface area contributed by atoms with E-state index in [2.05, 4.69) is 28.9 Å². The van der Waals surface area contributed by atoms with E-state index in [0.717, 1.165) is 35.7 Å². The molecular weight excluding hydrogens is 260 g/mol. The van der Waals surface area contributed by atoms with Gasteiger partial charge in [-0.3, -0.25) is 0 Å². The van der Waals surface area contributed by atoms with Crippen LogP contribution in [0.25, 0.3) is 0 Å². The molecule has 1 aliphatic rings. The number of thiocarbonyl (C=S) groups is 1. The Morgan fingerprint density at radius 2 is 2.05 bits per heavy atom. The van der Waals surface area contributed by atoms with Crippen molar-refractivity contribution >= 4 is 23.0 Å². The number of rotatable bonds is 2. The van der Waals surface area contributed by atoms with E-state index in [0.29, 0.717) is 11.6 Å². The Balaban J connectivity index is 2.45. The van der Waals surface area contributed by atoms with E-state index in [1.54, 1.807) is 0 Å². The van der Waals surface area contributed by atoms with E-state index >= 15 is 0 Å². The lowest BCUT2D eigenvalue weighted by Crippen LogP contribution is -2.49. The standard InChI is InChI=1S/C13H20N4OS/c1-8-9(2)15-16-12(10(8)11(14)19)17-5-6-18-13(3,4)7-17/h5-7H2,1-4H3,(H2,14,19). The van der Waals surface area contributed by atoms with Crippen molar-refractivity contribution < 1.29 is 4.74 Å². The van der Waals surface area contributed by atoms with Crippen molar-refractivity contribution in [2.24, 2.45) is 5.73 Å². The van der Waals surface area contributed by atoms with Gasteiger partial charge < -0.3 is 15.4 Å². The first kappa shape index (κ1) is 14.1. The Morgan fingerprint density at radius 3 is 2.63 bits per heavy atom. The van der Waals surface area contributed by atoms with Crippen LogP contribution in [0, 0.1) is 13.8 Å². The molecule has 1 aliphatic heterocycles. The molecule has 0 atom stereocenters. The van der Waals surface area contributed by atoms with Gasteiger partial charge in [-0.05, 0) is 33.3 Å². The normalized spacial score (nSPS) is 18.4. The number of morpholine rings is 1. The molecule has 2 N–H and O–H groups in total. The molecule has 0 bridgehead atoms. The fourth-order valence-corrected chi connectivity index (χ4v) is 2.55. The zero-order chi connectivity index (χ0) is 14.2. The van der Waals surface area contributed by atoms with Gasteiger partial charge in [0, 0.05) is 13.1 Å². The molecule has 0 aromatic carbocycles. The van der Waals surface area contributed by atoms with Crippen LogP contribution in [0.5, 0.6) is 0 Å². The maximum atomic E-state index is 5.86. The predicted molar refractivity (Wildman–Crippen MR) is 79.6 cm³/mol. The minimum absolute atomic E-state index is 0.202. The fraction of sp³-hybridized carbons (Fsp3) is 0.615. The van der Waals surface area contributed by atoms with Crippen LogP contribution in [-0.4, -0.2) is 40.5 Å². The summed E-state index contributed by atoms with van der Waals surface area (Å²) in [7, 11) is 0. The smallest absolute Gasteiger partial charge is 0.162 e. The molecule has 19 heavy (non-hydrogen) atoms. The van der Waals surface area contributed by atoms with E-state index in [9.17, 15) is 0 Å². The lowest BCUT2D eigenvalue weighted by Gasteiger charge is -2.39. The molecule has 2 heterocycles. The van der Waals surface area contributed by atoms with Gasteiger partial charge in [0.25, 0.3) is 0 Å². The second-order valence-electron chi connectivity index (χ2n) is 5.50. The van der Waals surface area contributed by atoms with E-state index < -0.39 is 0 Å². The van der Waals surface area contributed by atoms with Crippen LogP contribution < -0.4 is 10.6 Å². The van der Waals surface area contributed by atoms with Gasteiger partial charge in [-0.2, -0.15) is 5.10 Å². The number of hydrogen-bond donors (Lipinski definition) is 1.